The first-order valence-electron chi connectivity index (χ1n) is 9.01. The van der Waals surface area contributed by atoms with E-state index in [0.29, 0.717) is 44.2 Å². The van der Waals surface area contributed by atoms with Crippen LogP contribution in [0.2, 0.25) is 0 Å². The number of rotatable bonds is 8. The van der Waals surface area contributed by atoms with Gasteiger partial charge in [0.05, 0.1) is 5.41 Å². The van der Waals surface area contributed by atoms with Gasteiger partial charge in [0, 0.05) is 31.4 Å². The van der Waals surface area contributed by atoms with Crippen LogP contribution in [0.25, 0.3) is 0 Å². The largest absolute Gasteiger partial charge is 0.481 e. The van der Waals surface area contributed by atoms with Gasteiger partial charge in [-0.15, -0.1) is 12.3 Å². The lowest BCUT2D eigenvalue weighted by molar-refractivity contribution is -0.143. The first-order chi connectivity index (χ1) is 12.5. The molecule has 6 heteroatoms. The predicted molar refractivity (Wildman–Crippen MR) is 97.7 cm³/mol. The molecule has 0 unspecified atom stereocenters. The number of amides is 1. The van der Waals surface area contributed by atoms with Gasteiger partial charge in [0.25, 0.3) is 0 Å². The van der Waals surface area contributed by atoms with Crippen molar-refractivity contribution in [1.29, 1.82) is 0 Å². The number of nitrogens with one attached hydrogen (secondary N) is 1. The second kappa shape index (κ2) is 7.28. The van der Waals surface area contributed by atoms with Gasteiger partial charge in [-0.25, -0.2) is 0 Å². The molecule has 0 aromatic heterocycles. The molecule has 2 aliphatic rings. The molecule has 1 heterocycles. The number of carbonyl (C=O) groups excluding carboxylic acids is 1. The maximum Gasteiger partial charge on any atom is 0.314 e. The highest BCUT2D eigenvalue weighted by Gasteiger charge is 2.42. The van der Waals surface area contributed by atoms with Crippen LogP contribution in [0.1, 0.15) is 56.9 Å². The van der Waals surface area contributed by atoms with Gasteiger partial charge in [-0.3, -0.25) is 9.59 Å². The number of aliphatic carboxylic acids is 1. The fourth-order valence-corrected chi connectivity index (χ4v) is 3.68. The lowest BCUT2D eigenvalue weighted by Gasteiger charge is -2.24. The van der Waals surface area contributed by atoms with Gasteiger partial charge >= 0.3 is 5.97 Å². The first-order valence-corrected chi connectivity index (χ1v) is 9.01. The average Bonchev–Trinajstić information content (AvgIpc) is 3.22. The zero-order valence-corrected chi connectivity index (χ0v) is 14.7. The van der Waals surface area contributed by atoms with Gasteiger partial charge < -0.3 is 10.4 Å². The molecule has 0 spiro atoms. The topological polar surface area (TPSA) is 91.1 Å². The Labute approximate surface area is 153 Å². The van der Waals surface area contributed by atoms with Crippen LogP contribution in [0.5, 0.6) is 0 Å². The van der Waals surface area contributed by atoms with Crippen molar-refractivity contribution in [2.45, 2.75) is 62.4 Å². The SMILES string of the molecule is C#CCCC1(CCC(=O)Nc2ccc(C3(C(=O)O)CCCC3)cc2)N=N1. The van der Waals surface area contributed by atoms with Gasteiger partial charge in [-0.05, 0) is 30.5 Å². The van der Waals surface area contributed by atoms with Crippen LogP contribution in [0.15, 0.2) is 34.5 Å². The lowest BCUT2D eigenvalue weighted by atomic mass is 9.79. The van der Waals surface area contributed by atoms with Crippen LogP contribution in [-0.4, -0.2) is 22.6 Å². The van der Waals surface area contributed by atoms with Crippen molar-refractivity contribution in [3.8, 4) is 12.3 Å². The molecule has 1 aromatic rings. The molecule has 1 amide bonds. The second-order valence-electron chi connectivity index (χ2n) is 7.11. The first kappa shape index (κ1) is 18.1. The van der Waals surface area contributed by atoms with Crippen molar-refractivity contribution < 1.29 is 14.7 Å². The molecule has 1 fully saturated rings. The summed E-state index contributed by atoms with van der Waals surface area (Å²) < 4.78 is 0. The molecule has 0 bridgehead atoms. The number of benzene rings is 1. The fourth-order valence-electron chi connectivity index (χ4n) is 3.68. The minimum Gasteiger partial charge on any atom is -0.481 e. The molecular weight excluding hydrogens is 330 g/mol. The smallest absolute Gasteiger partial charge is 0.314 e. The number of carboxylic acid groups (broad SMARTS) is 1. The highest BCUT2D eigenvalue weighted by Crippen LogP contribution is 2.41. The van der Waals surface area contributed by atoms with E-state index >= 15 is 0 Å². The molecule has 1 saturated carbocycles. The standard InChI is InChI=1S/C20H23N3O3/c1-2-3-13-20(22-23-20)14-10-17(24)21-16-8-6-15(7-9-16)19(18(25)26)11-4-5-12-19/h1,6-9H,3-5,10-14H2,(H,21,24)(H,25,26). The Kier molecular flexibility index (Phi) is 5.08. The monoisotopic (exact) mass is 353 g/mol. The minimum atomic E-state index is -0.777. The summed E-state index contributed by atoms with van der Waals surface area (Å²) in [7, 11) is 0. The Morgan fingerprint density at radius 1 is 1.15 bits per heavy atom. The van der Waals surface area contributed by atoms with Crippen LogP contribution >= 0.6 is 0 Å². The molecule has 6 nitrogen and oxygen atoms in total. The summed E-state index contributed by atoms with van der Waals surface area (Å²) in [6, 6.07) is 7.18. The third-order valence-corrected chi connectivity index (χ3v) is 5.39. The second-order valence-corrected chi connectivity index (χ2v) is 7.11. The summed E-state index contributed by atoms with van der Waals surface area (Å²) in [6.07, 6.45) is 10.6. The molecule has 1 aromatic carbocycles. The van der Waals surface area contributed by atoms with Crippen molar-refractivity contribution in [2.24, 2.45) is 10.2 Å². The summed E-state index contributed by atoms with van der Waals surface area (Å²) in [4.78, 5) is 23.9. The summed E-state index contributed by atoms with van der Waals surface area (Å²) in [6.45, 7) is 0. The molecule has 136 valence electrons. The van der Waals surface area contributed by atoms with E-state index in [0.717, 1.165) is 18.4 Å². The molecule has 3 rings (SSSR count). The molecule has 26 heavy (non-hydrogen) atoms. The summed E-state index contributed by atoms with van der Waals surface area (Å²) in [5, 5.41) is 20.5. The Bertz CT molecular complexity index is 750. The van der Waals surface area contributed by atoms with Crippen molar-refractivity contribution in [2.75, 3.05) is 5.32 Å². The third-order valence-electron chi connectivity index (χ3n) is 5.39. The zero-order valence-electron chi connectivity index (χ0n) is 14.7. The van der Waals surface area contributed by atoms with Crippen LogP contribution in [0.4, 0.5) is 5.69 Å². The predicted octanol–water partition coefficient (Wildman–Crippen LogP) is 3.88. The maximum atomic E-state index is 12.1. The zero-order chi connectivity index (χ0) is 18.6. The maximum absolute atomic E-state index is 12.1. The van der Waals surface area contributed by atoms with E-state index in [1.165, 1.54) is 0 Å². The molecule has 1 aliphatic heterocycles. The Morgan fingerprint density at radius 3 is 2.35 bits per heavy atom. The van der Waals surface area contributed by atoms with Crippen molar-refractivity contribution in [1.82, 2.24) is 0 Å². The van der Waals surface area contributed by atoms with E-state index in [1.54, 1.807) is 12.1 Å². The number of carboxylic acids is 1. The number of terminal acetylenes is 1. The van der Waals surface area contributed by atoms with Crippen LogP contribution in [0.3, 0.4) is 0 Å². The average molecular weight is 353 g/mol. The highest BCUT2D eigenvalue weighted by molar-refractivity contribution is 5.91. The fraction of sp³-hybridized carbons (Fsp3) is 0.500. The molecule has 2 N–H and O–H groups in total. The van der Waals surface area contributed by atoms with Crippen LogP contribution in [-0.2, 0) is 15.0 Å². The lowest BCUT2D eigenvalue weighted by Crippen LogP contribution is -2.32. The molecule has 1 aliphatic carbocycles. The van der Waals surface area contributed by atoms with E-state index in [4.69, 9.17) is 6.42 Å². The van der Waals surface area contributed by atoms with Crippen LogP contribution in [0, 0.1) is 12.3 Å². The van der Waals surface area contributed by atoms with Crippen molar-refractivity contribution >= 4 is 17.6 Å². The molecule has 0 atom stereocenters. The van der Waals surface area contributed by atoms with Gasteiger partial charge in [0.15, 0.2) is 5.66 Å². The highest BCUT2D eigenvalue weighted by atomic mass is 16.4. The molecular formula is C20H23N3O3. The molecule has 0 saturated heterocycles. The Hall–Kier alpha value is -2.68. The molecule has 0 radical (unpaired) electrons. The number of hydrogen-bond acceptors (Lipinski definition) is 4. The van der Waals surface area contributed by atoms with E-state index in [-0.39, 0.29) is 5.91 Å². The van der Waals surface area contributed by atoms with Gasteiger partial charge in [-0.1, -0.05) is 25.0 Å². The third kappa shape index (κ3) is 3.77. The van der Waals surface area contributed by atoms with E-state index in [9.17, 15) is 14.7 Å². The van der Waals surface area contributed by atoms with Crippen molar-refractivity contribution in [3.63, 3.8) is 0 Å². The van der Waals surface area contributed by atoms with Gasteiger partial charge in [-0.2, -0.15) is 10.2 Å². The number of hydrogen-bond donors (Lipinski definition) is 2. The number of nitrogens with zero attached hydrogens (tertiary/aromatic N) is 2. The minimum absolute atomic E-state index is 0.107. The number of anilines is 1. The van der Waals surface area contributed by atoms with Crippen molar-refractivity contribution in [3.05, 3.63) is 29.8 Å². The quantitative estimate of drug-likeness (QED) is 0.695. The van der Waals surface area contributed by atoms with E-state index < -0.39 is 17.0 Å². The van der Waals surface area contributed by atoms with Gasteiger partial charge in [0.2, 0.25) is 5.91 Å². The van der Waals surface area contributed by atoms with Gasteiger partial charge in [0.1, 0.15) is 0 Å². The Balaban J connectivity index is 1.55. The summed E-state index contributed by atoms with van der Waals surface area (Å²) in [5.41, 5.74) is 0.245. The normalized spacial score (nSPS) is 18.9. The summed E-state index contributed by atoms with van der Waals surface area (Å²) in [5.74, 6) is 1.70. The van der Waals surface area contributed by atoms with Crippen LogP contribution < -0.4 is 5.32 Å². The Morgan fingerprint density at radius 2 is 1.81 bits per heavy atom. The summed E-state index contributed by atoms with van der Waals surface area (Å²) >= 11 is 0. The number of carbonyl (C=O) groups is 2. The van der Waals surface area contributed by atoms with E-state index in [2.05, 4.69) is 21.5 Å². The van der Waals surface area contributed by atoms with E-state index in [1.807, 2.05) is 12.1 Å².